The Morgan fingerprint density at radius 2 is 2.24 bits per heavy atom. The van der Waals surface area contributed by atoms with Gasteiger partial charge in [-0.2, -0.15) is 0 Å². The summed E-state index contributed by atoms with van der Waals surface area (Å²) >= 11 is 1.69. The van der Waals surface area contributed by atoms with Gasteiger partial charge in [-0.15, -0.1) is 11.3 Å². The number of aryl methyl sites for hydroxylation is 1. The first-order valence-electron chi connectivity index (χ1n) is 6.10. The van der Waals surface area contributed by atoms with Crippen LogP contribution in [0.4, 0.5) is 0 Å². The summed E-state index contributed by atoms with van der Waals surface area (Å²) in [6.07, 6.45) is 1.69. The van der Waals surface area contributed by atoms with E-state index >= 15 is 0 Å². The van der Waals surface area contributed by atoms with Gasteiger partial charge in [-0.25, -0.2) is 4.98 Å². The summed E-state index contributed by atoms with van der Waals surface area (Å²) in [4.78, 5) is 7.75. The first-order chi connectivity index (χ1) is 8.09. The van der Waals surface area contributed by atoms with Crippen LogP contribution in [0.3, 0.4) is 0 Å². The lowest BCUT2D eigenvalue weighted by Gasteiger charge is -2.35. The van der Waals surface area contributed by atoms with Gasteiger partial charge in [0.25, 0.3) is 0 Å². The Labute approximate surface area is 107 Å². The van der Waals surface area contributed by atoms with E-state index in [0.717, 1.165) is 44.7 Å². The molecule has 1 aliphatic heterocycles. The zero-order chi connectivity index (χ0) is 12.3. The number of likely N-dealkylation sites (N-methyl/N-ethyl adjacent to an activating group) is 1. The first kappa shape index (κ1) is 13.0. The SMILES string of the molecule is Cc1ncsc1CN(C)CC1(O)CCNCC1. The van der Waals surface area contributed by atoms with Crippen LogP contribution in [0.5, 0.6) is 0 Å². The minimum Gasteiger partial charge on any atom is -0.388 e. The fraction of sp³-hybridized carbons (Fsp3) is 0.750. The number of nitrogens with zero attached hydrogens (tertiary/aromatic N) is 2. The molecule has 0 unspecified atom stereocenters. The standard InChI is InChI=1S/C12H21N3OS/c1-10-11(17-9-14-10)7-15(2)8-12(16)3-5-13-6-4-12/h9,13,16H,3-8H2,1-2H3. The topological polar surface area (TPSA) is 48.4 Å². The summed E-state index contributed by atoms with van der Waals surface area (Å²) < 4.78 is 0. The van der Waals surface area contributed by atoms with Crippen LogP contribution >= 0.6 is 11.3 Å². The monoisotopic (exact) mass is 255 g/mol. The first-order valence-corrected chi connectivity index (χ1v) is 6.98. The molecule has 96 valence electrons. The molecular weight excluding hydrogens is 234 g/mol. The predicted molar refractivity (Wildman–Crippen MR) is 70.2 cm³/mol. The molecule has 2 N–H and O–H groups in total. The zero-order valence-corrected chi connectivity index (χ0v) is 11.4. The number of aromatic nitrogens is 1. The van der Waals surface area contributed by atoms with Crippen LogP contribution in [0.15, 0.2) is 5.51 Å². The number of aliphatic hydroxyl groups is 1. The Bertz CT molecular complexity index is 360. The predicted octanol–water partition coefficient (Wildman–Crippen LogP) is 0.998. The second-order valence-electron chi connectivity index (χ2n) is 5.01. The number of hydrogen-bond donors (Lipinski definition) is 2. The second kappa shape index (κ2) is 5.44. The smallest absolute Gasteiger partial charge is 0.0798 e. The highest BCUT2D eigenvalue weighted by Crippen LogP contribution is 2.21. The second-order valence-corrected chi connectivity index (χ2v) is 5.95. The lowest BCUT2D eigenvalue weighted by atomic mass is 9.92. The van der Waals surface area contributed by atoms with Gasteiger partial charge in [0.2, 0.25) is 0 Å². The summed E-state index contributed by atoms with van der Waals surface area (Å²) in [5.41, 5.74) is 2.48. The van der Waals surface area contributed by atoms with Gasteiger partial charge in [0.1, 0.15) is 0 Å². The number of rotatable bonds is 4. The van der Waals surface area contributed by atoms with Crippen molar-refractivity contribution in [2.24, 2.45) is 0 Å². The van der Waals surface area contributed by atoms with E-state index in [9.17, 15) is 5.11 Å². The highest BCUT2D eigenvalue weighted by atomic mass is 32.1. The molecule has 0 atom stereocenters. The molecular formula is C12H21N3OS. The quantitative estimate of drug-likeness (QED) is 0.842. The Balaban J connectivity index is 1.88. The zero-order valence-electron chi connectivity index (χ0n) is 10.6. The van der Waals surface area contributed by atoms with Crippen LogP contribution < -0.4 is 5.32 Å². The highest BCUT2D eigenvalue weighted by molar-refractivity contribution is 7.09. The van der Waals surface area contributed by atoms with Crippen molar-refractivity contribution in [3.05, 3.63) is 16.1 Å². The van der Waals surface area contributed by atoms with Gasteiger partial charge in [0.15, 0.2) is 0 Å². The molecule has 0 bridgehead atoms. The van der Waals surface area contributed by atoms with Crippen LogP contribution in [-0.4, -0.2) is 47.3 Å². The molecule has 1 aliphatic rings. The van der Waals surface area contributed by atoms with Crippen molar-refractivity contribution in [1.82, 2.24) is 15.2 Å². The number of nitrogens with one attached hydrogen (secondary N) is 1. The molecule has 1 fully saturated rings. The Morgan fingerprint density at radius 1 is 1.53 bits per heavy atom. The molecule has 0 amide bonds. The van der Waals surface area contributed by atoms with Crippen LogP contribution in [0.2, 0.25) is 0 Å². The molecule has 0 saturated carbocycles. The normalized spacial score (nSPS) is 19.8. The van der Waals surface area contributed by atoms with E-state index in [4.69, 9.17) is 0 Å². The van der Waals surface area contributed by atoms with Crippen molar-refractivity contribution < 1.29 is 5.11 Å². The fourth-order valence-corrected chi connectivity index (χ4v) is 3.19. The average Bonchev–Trinajstić information content (AvgIpc) is 2.64. The van der Waals surface area contributed by atoms with Gasteiger partial charge < -0.3 is 10.4 Å². The third-order valence-electron chi connectivity index (χ3n) is 3.36. The molecule has 2 heterocycles. The Hall–Kier alpha value is -0.490. The summed E-state index contributed by atoms with van der Waals surface area (Å²) in [6, 6.07) is 0. The lowest BCUT2D eigenvalue weighted by Crippen LogP contribution is -2.48. The maximum Gasteiger partial charge on any atom is 0.0798 e. The van der Waals surface area contributed by atoms with Gasteiger partial charge >= 0.3 is 0 Å². The number of thiazole rings is 1. The van der Waals surface area contributed by atoms with E-state index in [1.54, 1.807) is 11.3 Å². The molecule has 1 saturated heterocycles. The minimum absolute atomic E-state index is 0.515. The van der Waals surface area contributed by atoms with Crippen molar-refractivity contribution >= 4 is 11.3 Å². The number of piperidine rings is 1. The van der Waals surface area contributed by atoms with Crippen molar-refractivity contribution in [1.29, 1.82) is 0 Å². The van der Waals surface area contributed by atoms with Crippen LogP contribution in [0.25, 0.3) is 0 Å². The minimum atomic E-state index is -0.515. The van der Waals surface area contributed by atoms with Crippen LogP contribution in [0.1, 0.15) is 23.4 Å². The van der Waals surface area contributed by atoms with Crippen LogP contribution in [-0.2, 0) is 6.54 Å². The molecule has 4 nitrogen and oxygen atoms in total. The fourth-order valence-electron chi connectivity index (χ4n) is 2.33. The summed E-state index contributed by atoms with van der Waals surface area (Å²) in [7, 11) is 2.07. The molecule has 17 heavy (non-hydrogen) atoms. The van der Waals surface area contributed by atoms with E-state index in [1.165, 1.54) is 4.88 Å². The molecule has 2 rings (SSSR count). The molecule has 0 aromatic carbocycles. The largest absolute Gasteiger partial charge is 0.388 e. The molecule has 1 aromatic rings. The van der Waals surface area contributed by atoms with E-state index < -0.39 is 5.60 Å². The molecule has 5 heteroatoms. The molecule has 0 radical (unpaired) electrons. The Kier molecular flexibility index (Phi) is 4.14. The summed E-state index contributed by atoms with van der Waals surface area (Å²) in [5, 5.41) is 13.7. The van der Waals surface area contributed by atoms with E-state index in [0.29, 0.717) is 0 Å². The Morgan fingerprint density at radius 3 is 2.82 bits per heavy atom. The summed E-state index contributed by atoms with van der Waals surface area (Å²) in [6.45, 7) is 5.50. The maximum atomic E-state index is 10.4. The highest BCUT2D eigenvalue weighted by Gasteiger charge is 2.30. The molecule has 1 aromatic heterocycles. The third-order valence-corrected chi connectivity index (χ3v) is 4.28. The lowest BCUT2D eigenvalue weighted by molar-refractivity contribution is -0.0167. The van der Waals surface area contributed by atoms with E-state index in [-0.39, 0.29) is 0 Å². The van der Waals surface area contributed by atoms with Gasteiger partial charge in [-0.3, -0.25) is 4.90 Å². The third kappa shape index (κ3) is 3.48. The van der Waals surface area contributed by atoms with E-state index in [2.05, 4.69) is 22.2 Å². The molecule has 0 spiro atoms. The van der Waals surface area contributed by atoms with Crippen molar-refractivity contribution in [2.45, 2.75) is 31.9 Å². The van der Waals surface area contributed by atoms with Gasteiger partial charge in [0.05, 0.1) is 16.8 Å². The van der Waals surface area contributed by atoms with Gasteiger partial charge in [-0.05, 0) is 39.9 Å². The van der Waals surface area contributed by atoms with Gasteiger partial charge in [0, 0.05) is 18.0 Å². The van der Waals surface area contributed by atoms with Crippen molar-refractivity contribution in [3.63, 3.8) is 0 Å². The average molecular weight is 255 g/mol. The summed E-state index contributed by atoms with van der Waals surface area (Å²) in [5.74, 6) is 0. The molecule has 0 aliphatic carbocycles. The number of hydrogen-bond acceptors (Lipinski definition) is 5. The van der Waals surface area contributed by atoms with Crippen LogP contribution in [0, 0.1) is 6.92 Å². The van der Waals surface area contributed by atoms with Gasteiger partial charge in [-0.1, -0.05) is 0 Å². The van der Waals surface area contributed by atoms with Crippen molar-refractivity contribution in [2.75, 3.05) is 26.7 Å². The van der Waals surface area contributed by atoms with E-state index in [1.807, 2.05) is 12.4 Å². The van der Waals surface area contributed by atoms with Crippen molar-refractivity contribution in [3.8, 4) is 0 Å². The maximum absolute atomic E-state index is 10.4.